The fraction of sp³-hybridized carbons (Fsp3) is 0.778. The number of piperidine rings is 1. The van der Waals surface area contributed by atoms with E-state index in [-0.39, 0.29) is 20.3 Å². The predicted octanol–water partition coefficient (Wildman–Crippen LogP) is -0.835. The van der Waals surface area contributed by atoms with Gasteiger partial charge in [-0.25, -0.2) is 0 Å². The van der Waals surface area contributed by atoms with Crippen molar-refractivity contribution >= 4 is 0 Å². The molecule has 2 heteroatoms. The Hall–Kier alpha value is 0.297. The molecule has 0 spiro atoms. The quantitative estimate of drug-likeness (QED) is 0.364. The van der Waals surface area contributed by atoms with E-state index in [1.54, 1.807) is 0 Å². The van der Waals surface area contributed by atoms with Crippen LogP contribution in [-0.2, 0) is 0 Å². The van der Waals surface area contributed by atoms with Crippen LogP contribution in [0.2, 0.25) is 0 Å². The maximum absolute atomic E-state index is 2.52. The standard InChI is InChI=1S/C9H17N.Li.H/c1-2-3-7-10-8-5-4-6-9-10;;/h2-3H,4-9H2,1H3;;/q;+1;-1. The van der Waals surface area contributed by atoms with E-state index in [0.717, 1.165) is 6.54 Å². The SMILES string of the molecule is CC=CCN1CCCCC1.[H-].[Li+]. The van der Waals surface area contributed by atoms with Gasteiger partial charge in [-0.15, -0.1) is 0 Å². The fourth-order valence-electron chi connectivity index (χ4n) is 1.40. The van der Waals surface area contributed by atoms with Crippen molar-refractivity contribution < 1.29 is 20.3 Å². The van der Waals surface area contributed by atoms with Gasteiger partial charge in [0.2, 0.25) is 0 Å². The molecule has 1 aliphatic heterocycles. The fourth-order valence-corrected chi connectivity index (χ4v) is 1.40. The van der Waals surface area contributed by atoms with Crippen molar-refractivity contribution in [2.45, 2.75) is 26.2 Å². The van der Waals surface area contributed by atoms with E-state index < -0.39 is 0 Å². The van der Waals surface area contributed by atoms with Crippen molar-refractivity contribution in [1.82, 2.24) is 4.90 Å². The average molecular weight is 147 g/mol. The molecule has 1 saturated heterocycles. The molecule has 0 aliphatic carbocycles. The summed E-state index contributed by atoms with van der Waals surface area (Å²) >= 11 is 0. The Morgan fingerprint density at radius 3 is 2.45 bits per heavy atom. The minimum absolute atomic E-state index is 0. The first-order valence-corrected chi connectivity index (χ1v) is 4.27. The van der Waals surface area contributed by atoms with E-state index in [9.17, 15) is 0 Å². The van der Waals surface area contributed by atoms with E-state index in [2.05, 4.69) is 24.0 Å². The Morgan fingerprint density at radius 1 is 1.27 bits per heavy atom. The summed E-state index contributed by atoms with van der Waals surface area (Å²) in [5.41, 5.74) is 0. The molecule has 0 radical (unpaired) electrons. The molecule has 0 aromatic carbocycles. The third-order valence-corrected chi connectivity index (χ3v) is 2.05. The zero-order valence-corrected chi connectivity index (χ0v) is 7.84. The molecular formula is C9H18LiN. The smallest absolute Gasteiger partial charge is 1.00 e. The Kier molecular flexibility index (Phi) is 7.16. The van der Waals surface area contributed by atoms with Gasteiger partial charge in [-0.1, -0.05) is 18.6 Å². The molecule has 1 fully saturated rings. The summed E-state index contributed by atoms with van der Waals surface area (Å²) in [5.74, 6) is 0. The van der Waals surface area contributed by atoms with Crippen molar-refractivity contribution in [2.75, 3.05) is 19.6 Å². The first kappa shape index (κ1) is 11.3. The van der Waals surface area contributed by atoms with Gasteiger partial charge < -0.3 is 1.43 Å². The number of hydrogen-bond donors (Lipinski definition) is 0. The van der Waals surface area contributed by atoms with Crippen LogP contribution in [0.25, 0.3) is 0 Å². The summed E-state index contributed by atoms with van der Waals surface area (Å²) in [6.45, 7) is 5.87. The van der Waals surface area contributed by atoms with Crippen LogP contribution < -0.4 is 18.9 Å². The van der Waals surface area contributed by atoms with Crippen molar-refractivity contribution in [3.63, 3.8) is 0 Å². The molecule has 0 atom stereocenters. The average Bonchev–Trinajstić information content (AvgIpc) is 2.03. The Balaban J connectivity index is 0. The number of likely N-dealkylation sites (tertiary alicyclic amines) is 1. The van der Waals surface area contributed by atoms with Crippen LogP contribution in [0.4, 0.5) is 0 Å². The van der Waals surface area contributed by atoms with Gasteiger partial charge in [0.25, 0.3) is 0 Å². The van der Waals surface area contributed by atoms with Gasteiger partial charge in [-0.3, -0.25) is 4.90 Å². The van der Waals surface area contributed by atoms with Crippen LogP contribution in [0.1, 0.15) is 27.6 Å². The van der Waals surface area contributed by atoms with Crippen LogP contribution in [0.5, 0.6) is 0 Å². The van der Waals surface area contributed by atoms with Crippen molar-refractivity contribution in [1.29, 1.82) is 0 Å². The molecule has 1 nitrogen and oxygen atoms in total. The molecule has 1 aliphatic rings. The monoisotopic (exact) mass is 147 g/mol. The molecule has 0 bridgehead atoms. The normalized spacial score (nSPS) is 20.1. The molecular weight excluding hydrogens is 129 g/mol. The zero-order valence-electron chi connectivity index (χ0n) is 8.84. The molecule has 11 heavy (non-hydrogen) atoms. The van der Waals surface area contributed by atoms with E-state index in [4.69, 9.17) is 0 Å². The van der Waals surface area contributed by atoms with Gasteiger partial charge in [0.05, 0.1) is 0 Å². The third-order valence-electron chi connectivity index (χ3n) is 2.05. The summed E-state index contributed by atoms with van der Waals surface area (Å²) in [7, 11) is 0. The van der Waals surface area contributed by atoms with E-state index in [1.165, 1.54) is 32.4 Å². The van der Waals surface area contributed by atoms with E-state index in [0.29, 0.717) is 0 Å². The zero-order chi connectivity index (χ0) is 7.23. The van der Waals surface area contributed by atoms with Crippen LogP contribution in [0.15, 0.2) is 12.2 Å². The number of rotatable bonds is 2. The summed E-state index contributed by atoms with van der Waals surface area (Å²) in [5, 5.41) is 0. The molecule has 0 amide bonds. The third kappa shape index (κ3) is 4.69. The summed E-state index contributed by atoms with van der Waals surface area (Å²) in [4.78, 5) is 2.52. The molecule has 0 unspecified atom stereocenters. The van der Waals surface area contributed by atoms with Gasteiger partial charge >= 0.3 is 18.9 Å². The van der Waals surface area contributed by atoms with Crippen molar-refractivity contribution in [3.05, 3.63) is 12.2 Å². The topological polar surface area (TPSA) is 3.24 Å². The van der Waals surface area contributed by atoms with E-state index >= 15 is 0 Å². The van der Waals surface area contributed by atoms with Crippen LogP contribution in [-0.4, -0.2) is 24.5 Å². The van der Waals surface area contributed by atoms with Gasteiger partial charge in [0, 0.05) is 6.54 Å². The summed E-state index contributed by atoms with van der Waals surface area (Å²) < 4.78 is 0. The van der Waals surface area contributed by atoms with Gasteiger partial charge in [-0.2, -0.15) is 0 Å². The van der Waals surface area contributed by atoms with Crippen molar-refractivity contribution in [2.24, 2.45) is 0 Å². The second kappa shape index (κ2) is 6.97. The first-order valence-electron chi connectivity index (χ1n) is 4.27. The number of nitrogens with zero attached hydrogens (tertiary/aromatic N) is 1. The molecule has 1 rings (SSSR count). The Bertz CT molecular complexity index is 111. The van der Waals surface area contributed by atoms with Gasteiger partial charge in [0.1, 0.15) is 0 Å². The van der Waals surface area contributed by atoms with Crippen LogP contribution >= 0.6 is 0 Å². The number of allylic oxidation sites excluding steroid dienone is 1. The van der Waals surface area contributed by atoms with Gasteiger partial charge in [0.15, 0.2) is 0 Å². The second-order valence-electron chi connectivity index (χ2n) is 2.93. The summed E-state index contributed by atoms with van der Waals surface area (Å²) in [6, 6.07) is 0. The van der Waals surface area contributed by atoms with Gasteiger partial charge in [-0.05, 0) is 32.9 Å². The molecule has 0 N–H and O–H groups in total. The van der Waals surface area contributed by atoms with Crippen LogP contribution in [0, 0.1) is 0 Å². The van der Waals surface area contributed by atoms with E-state index in [1.807, 2.05) is 0 Å². The molecule has 0 aromatic rings. The predicted molar refractivity (Wildman–Crippen MR) is 46.2 cm³/mol. The molecule has 1 heterocycles. The minimum Gasteiger partial charge on any atom is -1.00 e. The molecule has 0 aromatic heterocycles. The largest absolute Gasteiger partial charge is 1.00 e. The van der Waals surface area contributed by atoms with Crippen molar-refractivity contribution in [3.8, 4) is 0 Å². The first-order chi connectivity index (χ1) is 4.93. The maximum Gasteiger partial charge on any atom is 1.00 e. The molecule has 60 valence electrons. The second-order valence-corrected chi connectivity index (χ2v) is 2.93. The molecule has 0 saturated carbocycles. The Labute approximate surface area is 83.5 Å². The van der Waals surface area contributed by atoms with Crippen LogP contribution in [0.3, 0.4) is 0 Å². The number of hydrogen-bond acceptors (Lipinski definition) is 1. The Morgan fingerprint density at radius 2 is 1.91 bits per heavy atom. The summed E-state index contributed by atoms with van der Waals surface area (Å²) in [6.07, 6.45) is 8.61. The maximum atomic E-state index is 2.52. The minimum atomic E-state index is 0.